The molecule has 3 nitrogen and oxygen atoms in total. The second-order valence-electron chi connectivity index (χ2n) is 2.49. The van der Waals surface area contributed by atoms with Gasteiger partial charge < -0.3 is 9.84 Å². The van der Waals surface area contributed by atoms with Crippen LogP contribution in [0.1, 0.15) is 11.1 Å². The number of pyridine rings is 1. The van der Waals surface area contributed by atoms with Gasteiger partial charge in [-0.15, -0.1) is 0 Å². The summed E-state index contributed by atoms with van der Waals surface area (Å²) in [4.78, 5) is 3.59. The maximum absolute atomic E-state index is 11.7. The van der Waals surface area contributed by atoms with Gasteiger partial charge in [-0.2, -0.15) is 8.78 Å². The number of nitrogens with zero attached hydrogens (tertiary/aromatic N) is 1. The van der Waals surface area contributed by atoms with Crippen LogP contribution in [0.15, 0.2) is 12.3 Å². The first-order valence-electron chi connectivity index (χ1n) is 3.64. The van der Waals surface area contributed by atoms with Crippen LogP contribution in [-0.2, 0) is 6.61 Å². The van der Waals surface area contributed by atoms with E-state index in [1.807, 2.05) is 0 Å². The van der Waals surface area contributed by atoms with E-state index in [9.17, 15) is 8.78 Å². The van der Waals surface area contributed by atoms with Crippen molar-refractivity contribution in [1.82, 2.24) is 4.98 Å². The van der Waals surface area contributed by atoms with Crippen molar-refractivity contribution in [3.63, 3.8) is 0 Å². The van der Waals surface area contributed by atoms with Gasteiger partial charge in [0.25, 0.3) is 0 Å². The zero-order chi connectivity index (χ0) is 9.84. The average molecular weight is 189 g/mol. The Hall–Kier alpha value is -1.23. The first-order chi connectivity index (χ1) is 6.13. The number of halogens is 2. The van der Waals surface area contributed by atoms with Crippen LogP contribution in [-0.4, -0.2) is 16.7 Å². The Balaban J connectivity index is 2.83. The molecule has 13 heavy (non-hydrogen) atoms. The fourth-order valence-corrected chi connectivity index (χ4v) is 0.880. The molecule has 0 aliphatic rings. The third-order valence-corrected chi connectivity index (χ3v) is 1.57. The predicted octanol–water partition coefficient (Wildman–Crippen LogP) is 1.48. The highest BCUT2D eigenvalue weighted by molar-refractivity contribution is 5.27. The van der Waals surface area contributed by atoms with E-state index in [2.05, 4.69) is 9.72 Å². The second kappa shape index (κ2) is 4.13. The van der Waals surface area contributed by atoms with Gasteiger partial charge in [0, 0.05) is 12.3 Å². The number of hydrogen-bond donors (Lipinski definition) is 1. The summed E-state index contributed by atoms with van der Waals surface area (Å²) in [5.41, 5.74) is 1.27. The van der Waals surface area contributed by atoms with Crippen molar-refractivity contribution in [2.45, 2.75) is 20.1 Å². The van der Waals surface area contributed by atoms with Crippen LogP contribution in [0.3, 0.4) is 0 Å². The van der Waals surface area contributed by atoms with Crippen molar-refractivity contribution in [2.24, 2.45) is 0 Å². The molecule has 0 atom stereocenters. The molecule has 0 spiro atoms. The summed E-state index contributed by atoms with van der Waals surface area (Å²) in [5, 5.41) is 8.76. The average Bonchev–Trinajstić information content (AvgIpc) is 2.03. The van der Waals surface area contributed by atoms with Gasteiger partial charge in [0.05, 0.1) is 6.61 Å². The molecular formula is C8H9F2NO2. The van der Waals surface area contributed by atoms with Crippen LogP contribution in [0.5, 0.6) is 5.88 Å². The lowest BCUT2D eigenvalue weighted by molar-refractivity contribution is -0.0529. The summed E-state index contributed by atoms with van der Waals surface area (Å²) < 4.78 is 27.5. The minimum absolute atomic E-state index is 0.135. The maximum atomic E-state index is 11.7. The van der Waals surface area contributed by atoms with Gasteiger partial charge in [0.2, 0.25) is 5.88 Å². The molecule has 72 valence electrons. The van der Waals surface area contributed by atoms with Crippen molar-refractivity contribution >= 4 is 0 Å². The molecule has 1 aromatic heterocycles. The number of rotatable bonds is 3. The van der Waals surface area contributed by atoms with E-state index in [0.717, 1.165) is 0 Å². The van der Waals surface area contributed by atoms with Crippen molar-refractivity contribution < 1.29 is 18.6 Å². The first kappa shape index (κ1) is 9.85. The Morgan fingerprint density at radius 2 is 2.31 bits per heavy atom. The third kappa shape index (κ3) is 2.62. The highest BCUT2D eigenvalue weighted by atomic mass is 19.3. The number of aliphatic hydroxyl groups excluding tert-OH is 1. The zero-order valence-corrected chi connectivity index (χ0v) is 7.00. The third-order valence-electron chi connectivity index (χ3n) is 1.57. The Kier molecular flexibility index (Phi) is 3.13. The summed E-state index contributed by atoms with van der Waals surface area (Å²) in [5.74, 6) is -0.135. The summed E-state index contributed by atoms with van der Waals surface area (Å²) in [6.07, 6.45) is 1.31. The molecule has 0 radical (unpaired) electrons. The largest absolute Gasteiger partial charge is 0.417 e. The fourth-order valence-electron chi connectivity index (χ4n) is 0.880. The van der Waals surface area contributed by atoms with Crippen LogP contribution in [0.4, 0.5) is 8.78 Å². The maximum Gasteiger partial charge on any atom is 0.388 e. The van der Waals surface area contributed by atoms with Crippen LogP contribution in [0, 0.1) is 6.92 Å². The van der Waals surface area contributed by atoms with Gasteiger partial charge in [0.15, 0.2) is 0 Å². The molecule has 0 unspecified atom stereocenters. The minimum Gasteiger partial charge on any atom is -0.417 e. The van der Waals surface area contributed by atoms with Crippen LogP contribution in [0.25, 0.3) is 0 Å². The molecule has 1 heterocycles. The molecule has 5 heteroatoms. The number of aliphatic hydroxyl groups is 1. The molecule has 0 amide bonds. The Bertz CT molecular complexity index is 291. The van der Waals surface area contributed by atoms with Crippen LogP contribution in [0.2, 0.25) is 0 Å². The fraction of sp³-hybridized carbons (Fsp3) is 0.375. The highest BCUT2D eigenvalue weighted by Gasteiger charge is 2.06. The smallest absolute Gasteiger partial charge is 0.388 e. The number of hydrogen-bond acceptors (Lipinski definition) is 3. The summed E-state index contributed by atoms with van der Waals surface area (Å²) in [6, 6.07) is 1.36. The minimum atomic E-state index is -2.87. The summed E-state index contributed by atoms with van der Waals surface area (Å²) in [7, 11) is 0. The van der Waals surface area contributed by atoms with Gasteiger partial charge in [0.1, 0.15) is 0 Å². The molecule has 0 aliphatic carbocycles. The van der Waals surface area contributed by atoms with Crippen LogP contribution >= 0.6 is 0 Å². The van der Waals surface area contributed by atoms with E-state index >= 15 is 0 Å². The predicted molar refractivity (Wildman–Crippen MR) is 41.5 cm³/mol. The van der Waals surface area contributed by atoms with Gasteiger partial charge in [-0.25, -0.2) is 4.98 Å². The van der Waals surface area contributed by atoms with Gasteiger partial charge in [-0.3, -0.25) is 0 Å². The molecule has 0 aliphatic heterocycles. The van der Waals surface area contributed by atoms with E-state index in [1.54, 1.807) is 6.92 Å². The number of alkyl halides is 2. The Labute approximate surface area is 74.0 Å². The normalized spacial score (nSPS) is 10.5. The van der Waals surface area contributed by atoms with Crippen LogP contribution < -0.4 is 4.74 Å². The molecule has 0 bridgehead atoms. The van der Waals surface area contributed by atoms with Crippen molar-refractivity contribution in [2.75, 3.05) is 0 Å². The molecular weight excluding hydrogens is 180 g/mol. The van der Waals surface area contributed by atoms with Gasteiger partial charge in [-0.05, 0) is 18.1 Å². The molecule has 1 aromatic rings. The van der Waals surface area contributed by atoms with Crippen molar-refractivity contribution in [3.05, 3.63) is 23.4 Å². The second-order valence-corrected chi connectivity index (χ2v) is 2.49. The first-order valence-corrected chi connectivity index (χ1v) is 3.64. The lowest BCUT2D eigenvalue weighted by Gasteiger charge is -2.06. The van der Waals surface area contributed by atoms with E-state index in [1.165, 1.54) is 12.3 Å². The number of aromatic nitrogens is 1. The monoisotopic (exact) mass is 189 g/mol. The standard InChI is InChI=1S/C8H9F2NO2/c1-5-2-7(13-8(9)10)11-3-6(5)4-12/h2-3,8,12H,4H2,1H3. The van der Waals surface area contributed by atoms with E-state index in [0.29, 0.717) is 11.1 Å². The van der Waals surface area contributed by atoms with E-state index < -0.39 is 6.61 Å². The highest BCUT2D eigenvalue weighted by Crippen LogP contribution is 2.15. The summed E-state index contributed by atoms with van der Waals surface area (Å²) in [6.45, 7) is -1.34. The Morgan fingerprint density at radius 3 is 2.77 bits per heavy atom. The number of aryl methyl sites for hydroxylation is 1. The van der Waals surface area contributed by atoms with Crippen molar-refractivity contribution in [1.29, 1.82) is 0 Å². The Morgan fingerprint density at radius 1 is 1.62 bits per heavy atom. The number of ether oxygens (including phenoxy) is 1. The molecule has 1 N–H and O–H groups in total. The molecule has 1 rings (SSSR count). The SMILES string of the molecule is Cc1cc(OC(F)F)ncc1CO. The zero-order valence-electron chi connectivity index (χ0n) is 7.00. The summed E-state index contributed by atoms with van der Waals surface area (Å²) >= 11 is 0. The topological polar surface area (TPSA) is 42.4 Å². The van der Waals surface area contributed by atoms with Gasteiger partial charge in [-0.1, -0.05) is 0 Å². The van der Waals surface area contributed by atoms with Gasteiger partial charge >= 0.3 is 6.61 Å². The lowest BCUT2D eigenvalue weighted by Crippen LogP contribution is -2.04. The molecule has 0 fully saturated rings. The van der Waals surface area contributed by atoms with E-state index in [4.69, 9.17) is 5.11 Å². The van der Waals surface area contributed by atoms with E-state index in [-0.39, 0.29) is 12.5 Å². The quantitative estimate of drug-likeness (QED) is 0.783. The molecule has 0 aromatic carbocycles. The lowest BCUT2D eigenvalue weighted by atomic mass is 10.2. The van der Waals surface area contributed by atoms with Crippen molar-refractivity contribution in [3.8, 4) is 5.88 Å². The molecule has 0 saturated carbocycles. The molecule has 0 saturated heterocycles.